The fourth-order valence-corrected chi connectivity index (χ4v) is 4.79. The minimum absolute atomic E-state index is 0.386. The lowest BCUT2D eigenvalue weighted by Gasteiger charge is -2.03. The van der Waals surface area contributed by atoms with E-state index < -0.39 is 10.0 Å². The molecule has 0 saturated heterocycles. The predicted octanol–water partition coefficient (Wildman–Crippen LogP) is 2.44. The summed E-state index contributed by atoms with van der Waals surface area (Å²) in [6.45, 7) is 4.05. The molecule has 0 aliphatic carbocycles. The first kappa shape index (κ1) is 15.7. The number of hydrogen-bond donors (Lipinski definition) is 2. The minimum Gasteiger partial charge on any atom is -0.312 e. The highest BCUT2D eigenvalue weighted by atomic mass is 32.2. The van der Waals surface area contributed by atoms with Crippen molar-refractivity contribution in [1.82, 2.24) is 10.0 Å². The van der Waals surface area contributed by atoms with E-state index >= 15 is 0 Å². The molecular formula is C13H18N2O2S3. The second-order valence-electron chi connectivity index (χ2n) is 4.23. The maximum Gasteiger partial charge on any atom is 0.250 e. The van der Waals surface area contributed by atoms with Crippen molar-refractivity contribution in [2.24, 2.45) is 0 Å². The maximum absolute atomic E-state index is 12.1. The third-order valence-corrected chi connectivity index (χ3v) is 6.67. The molecule has 0 aromatic carbocycles. The number of nitrogens with one attached hydrogen (secondary N) is 2. The zero-order valence-corrected chi connectivity index (χ0v) is 13.7. The molecule has 2 N–H and O–H groups in total. The molecule has 0 aliphatic heterocycles. The van der Waals surface area contributed by atoms with Gasteiger partial charge in [0.05, 0.1) is 0 Å². The summed E-state index contributed by atoms with van der Waals surface area (Å²) in [4.78, 5) is 2.22. The third-order valence-electron chi connectivity index (χ3n) is 2.69. The zero-order chi connectivity index (χ0) is 14.4. The van der Waals surface area contributed by atoms with Crippen LogP contribution in [-0.2, 0) is 23.0 Å². The van der Waals surface area contributed by atoms with Crippen molar-refractivity contribution < 1.29 is 8.42 Å². The topological polar surface area (TPSA) is 58.2 Å². The monoisotopic (exact) mass is 330 g/mol. The first-order valence-electron chi connectivity index (χ1n) is 6.43. The zero-order valence-electron chi connectivity index (χ0n) is 11.3. The van der Waals surface area contributed by atoms with E-state index in [1.54, 1.807) is 17.4 Å². The van der Waals surface area contributed by atoms with Crippen molar-refractivity contribution >= 4 is 32.7 Å². The van der Waals surface area contributed by atoms with Crippen LogP contribution in [0.4, 0.5) is 0 Å². The van der Waals surface area contributed by atoms with Crippen molar-refractivity contribution in [1.29, 1.82) is 0 Å². The first-order valence-corrected chi connectivity index (χ1v) is 9.61. The smallest absolute Gasteiger partial charge is 0.250 e. The van der Waals surface area contributed by atoms with Crippen LogP contribution in [-0.4, -0.2) is 21.5 Å². The lowest BCUT2D eigenvalue weighted by atomic mass is 10.3. The average Bonchev–Trinajstić information content (AvgIpc) is 3.07. The Balaban J connectivity index is 1.90. The van der Waals surface area contributed by atoms with Crippen molar-refractivity contribution in [3.63, 3.8) is 0 Å². The molecule has 0 radical (unpaired) electrons. The van der Waals surface area contributed by atoms with Gasteiger partial charge in [0, 0.05) is 22.8 Å². The first-order chi connectivity index (χ1) is 9.62. The molecule has 0 unspecified atom stereocenters. The Labute approximate surface area is 127 Å². The number of rotatable bonds is 8. The Morgan fingerprint density at radius 3 is 2.75 bits per heavy atom. The maximum atomic E-state index is 12.1. The summed E-state index contributed by atoms with van der Waals surface area (Å²) in [5.74, 6) is 0. The van der Waals surface area contributed by atoms with E-state index in [4.69, 9.17) is 0 Å². The van der Waals surface area contributed by atoms with Gasteiger partial charge in [0.15, 0.2) is 0 Å². The number of sulfonamides is 1. The Kier molecular flexibility index (Phi) is 5.74. The second-order valence-corrected chi connectivity index (χ2v) is 8.42. The van der Waals surface area contributed by atoms with Crippen molar-refractivity contribution in [3.05, 3.63) is 39.4 Å². The minimum atomic E-state index is -3.37. The lowest BCUT2D eigenvalue weighted by Crippen LogP contribution is -2.25. The molecule has 0 bridgehead atoms. The van der Waals surface area contributed by atoms with Gasteiger partial charge in [0.1, 0.15) is 4.21 Å². The molecule has 0 saturated carbocycles. The molecule has 7 heteroatoms. The van der Waals surface area contributed by atoms with Crippen molar-refractivity contribution in [2.75, 3.05) is 13.1 Å². The van der Waals surface area contributed by atoms with Crippen LogP contribution in [0, 0.1) is 0 Å². The van der Waals surface area contributed by atoms with E-state index in [9.17, 15) is 8.42 Å². The standard InChI is InChI=1S/C13H18N2O2S3/c1-2-14-10-12-5-6-13(19-12)20(16,17)15-8-7-11-4-3-9-18-11/h3-6,9,14-15H,2,7-8,10H2,1H3. The van der Waals surface area contributed by atoms with E-state index in [1.165, 1.54) is 16.2 Å². The number of thiophene rings is 2. The SMILES string of the molecule is CCNCc1ccc(S(=O)(=O)NCCc2cccs2)s1. The van der Waals surface area contributed by atoms with Crippen LogP contribution >= 0.6 is 22.7 Å². The quantitative estimate of drug-likeness (QED) is 0.781. The molecule has 0 spiro atoms. The van der Waals surface area contributed by atoms with E-state index in [0.29, 0.717) is 17.3 Å². The van der Waals surface area contributed by atoms with Crippen molar-refractivity contribution in [2.45, 2.75) is 24.1 Å². The predicted molar refractivity (Wildman–Crippen MR) is 84.9 cm³/mol. The van der Waals surface area contributed by atoms with Gasteiger partial charge < -0.3 is 5.32 Å². The molecule has 2 aromatic rings. The largest absolute Gasteiger partial charge is 0.312 e. The molecule has 0 amide bonds. The van der Waals surface area contributed by atoms with E-state index in [1.807, 2.05) is 30.5 Å². The van der Waals surface area contributed by atoms with Crippen LogP contribution in [0.25, 0.3) is 0 Å². The summed E-state index contributed by atoms with van der Waals surface area (Å²) < 4.78 is 27.3. The van der Waals surface area contributed by atoms with Gasteiger partial charge in [-0.05, 0) is 36.5 Å². The average molecular weight is 330 g/mol. The van der Waals surface area contributed by atoms with E-state index in [-0.39, 0.29) is 0 Å². The Morgan fingerprint density at radius 2 is 2.05 bits per heavy atom. The van der Waals surface area contributed by atoms with Gasteiger partial charge in [-0.1, -0.05) is 13.0 Å². The molecule has 20 heavy (non-hydrogen) atoms. The number of hydrogen-bond acceptors (Lipinski definition) is 5. The van der Waals surface area contributed by atoms with Gasteiger partial charge in [-0.15, -0.1) is 22.7 Å². The molecular weight excluding hydrogens is 312 g/mol. The van der Waals surface area contributed by atoms with Gasteiger partial charge in [-0.25, -0.2) is 13.1 Å². The summed E-state index contributed by atoms with van der Waals surface area (Å²) in [6.07, 6.45) is 0.729. The van der Waals surface area contributed by atoms with Crippen LogP contribution < -0.4 is 10.0 Å². The highest BCUT2D eigenvalue weighted by molar-refractivity contribution is 7.91. The van der Waals surface area contributed by atoms with Crippen LogP contribution in [0.5, 0.6) is 0 Å². The van der Waals surface area contributed by atoms with Gasteiger partial charge in [-0.3, -0.25) is 0 Å². The van der Waals surface area contributed by atoms with Crippen LogP contribution in [0.1, 0.15) is 16.7 Å². The third kappa shape index (κ3) is 4.39. The molecule has 0 fully saturated rings. The fraction of sp³-hybridized carbons (Fsp3) is 0.385. The highest BCUT2D eigenvalue weighted by Crippen LogP contribution is 2.21. The normalized spacial score (nSPS) is 11.8. The molecule has 110 valence electrons. The van der Waals surface area contributed by atoms with Gasteiger partial charge in [0.25, 0.3) is 0 Å². The lowest BCUT2D eigenvalue weighted by molar-refractivity contribution is 0.584. The molecule has 2 rings (SSSR count). The summed E-state index contributed by atoms with van der Waals surface area (Å²) in [5, 5.41) is 5.18. The summed E-state index contributed by atoms with van der Waals surface area (Å²) >= 11 is 2.96. The van der Waals surface area contributed by atoms with Crippen molar-refractivity contribution in [3.8, 4) is 0 Å². The molecule has 0 aliphatic rings. The molecule has 0 atom stereocenters. The molecule has 2 aromatic heterocycles. The van der Waals surface area contributed by atoms with Crippen LogP contribution in [0.3, 0.4) is 0 Å². The summed E-state index contributed by atoms with van der Waals surface area (Å²) in [5.41, 5.74) is 0. The Bertz CT molecular complexity index is 618. The Hall–Kier alpha value is -0.730. The molecule has 2 heterocycles. The van der Waals surface area contributed by atoms with E-state index in [0.717, 1.165) is 17.8 Å². The van der Waals surface area contributed by atoms with Crippen LogP contribution in [0.15, 0.2) is 33.9 Å². The fourth-order valence-electron chi connectivity index (χ4n) is 1.68. The van der Waals surface area contributed by atoms with Gasteiger partial charge in [0.2, 0.25) is 10.0 Å². The highest BCUT2D eigenvalue weighted by Gasteiger charge is 2.16. The van der Waals surface area contributed by atoms with E-state index in [2.05, 4.69) is 10.0 Å². The van der Waals surface area contributed by atoms with Gasteiger partial charge >= 0.3 is 0 Å². The van der Waals surface area contributed by atoms with Crippen LogP contribution in [0.2, 0.25) is 0 Å². The Morgan fingerprint density at radius 1 is 1.20 bits per heavy atom. The summed E-state index contributed by atoms with van der Waals surface area (Å²) in [7, 11) is -3.37. The molecule has 4 nitrogen and oxygen atoms in total. The second kappa shape index (κ2) is 7.33. The summed E-state index contributed by atoms with van der Waals surface area (Å²) in [6, 6.07) is 7.52. The van der Waals surface area contributed by atoms with Gasteiger partial charge in [-0.2, -0.15) is 0 Å².